The van der Waals surface area contributed by atoms with Gasteiger partial charge < -0.3 is 25.3 Å². The fraction of sp³-hybridized carbons (Fsp3) is 0.429. The van der Waals surface area contributed by atoms with E-state index in [2.05, 4.69) is 9.97 Å². The van der Waals surface area contributed by atoms with Crippen LogP contribution in [0.1, 0.15) is 31.2 Å². The van der Waals surface area contributed by atoms with Crippen molar-refractivity contribution in [3.63, 3.8) is 0 Å². The van der Waals surface area contributed by atoms with E-state index >= 15 is 0 Å². The number of halogens is 2. The van der Waals surface area contributed by atoms with Crippen molar-refractivity contribution < 1.29 is 33.1 Å². The van der Waals surface area contributed by atoms with E-state index in [9.17, 15) is 14.8 Å². The molecule has 4 N–H and O–H groups in total. The Morgan fingerprint density at radius 2 is 2.06 bits per heavy atom. The number of benzene rings is 1. The summed E-state index contributed by atoms with van der Waals surface area (Å²) in [7, 11) is -4.01. The molecule has 0 radical (unpaired) electrons. The topological polar surface area (TPSA) is 151 Å². The van der Waals surface area contributed by atoms with Gasteiger partial charge in [0.1, 0.15) is 35.6 Å². The Balaban J connectivity index is 1.31. The summed E-state index contributed by atoms with van der Waals surface area (Å²) in [6, 6.07) is 6.59. The van der Waals surface area contributed by atoms with Crippen molar-refractivity contribution in [3.05, 3.63) is 52.4 Å². The van der Waals surface area contributed by atoms with Crippen molar-refractivity contribution in [1.29, 1.82) is 0 Å². The Morgan fingerprint density at radius 3 is 2.80 bits per heavy atom. The van der Waals surface area contributed by atoms with Gasteiger partial charge in [0.15, 0.2) is 6.23 Å². The van der Waals surface area contributed by atoms with Gasteiger partial charge in [-0.15, -0.1) is 0 Å². The molecule has 188 valence electrons. The molecule has 4 heterocycles. The lowest BCUT2D eigenvalue weighted by atomic mass is 9.96. The second kappa shape index (κ2) is 9.26. The Labute approximate surface area is 210 Å². The first-order valence-corrected chi connectivity index (χ1v) is 13.0. The normalized spacial score (nSPS) is 33.4. The molecule has 0 unspecified atom stereocenters. The minimum atomic E-state index is -4.01. The Hall–Kier alpha value is -1.79. The van der Waals surface area contributed by atoms with E-state index in [1.165, 1.54) is 13.3 Å². The first kappa shape index (κ1) is 24.9. The van der Waals surface area contributed by atoms with Gasteiger partial charge in [0.25, 0.3) is 0 Å². The molecule has 1 aromatic carbocycles. The van der Waals surface area contributed by atoms with Crippen molar-refractivity contribution in [1.82, 2.24) is 14.5 Å². The van der Waals surface area contributed by atoms with Crippen molar-refractivity contribution >= 4 is 47.9 Å². The summed E-state index contributed by atoms with van der Waals surface area (Å²) < 4.78 is 37.1. The van der Waals surface area contributed by atoms with E-state index < -0.39 is 38.0 Å². The summed E-state index contributed by atoms with van der Waals surface area (Å²) in [6.45, 7) is 1.16. The fourth-order valence-corrected chi connectivity index (χ4v) is 6.23. The van der Waals surface area contributed by atoms with E-state index in [1.54, 1.807) is 35.0 Å². The number of aliphatic hydroxyl groups excluding tert-OH is 1. The number of phosphoric acid groups is 1. The van der Waals surface area contributed by atoms with Crippen molar-refractivity contribution in [2.24, 2.45) is 0 Å². The maximum atomic E-state index is 13.2. The highest BCUT2D eigenvalue weighted by atomic mass is 35.5. The van der Waals surface area contributed by atoms with Crippen LogP contribution in [0.3, 0.4) is 0 Å². The Morgan fingerprint density at radius 1 is 1.31 bits per heavy atom. The van der Waals surface area contributed by atoms with Crippen LogP contribution in [-0.2, 0) is 22.9 Å². The van der Waals surface area contributed by atoms with E-state index in [0.29, 0.717) is 33.1 Å². The van der Waals surface area contributed by atoms with Crippen LogP contribution >= 0.6 is 31.0 Å². The first-order valence-electron chi connectivity index (χ1n) is 10.7. The van der Waals surface area contributed by atoms with Gasteiger partial charge in [0.05, 0.1) is 24.7 Å². The second-order valence-corrected chi connectivity index (χ2v) is 11.1. The van der Waals surface area contributed by atoms with Crippen LogP contribution in [0.15, 0.2) is 36.8 Å². The van der Waals surface area contributed by atoms with Gasteiger partial charge in [-0.05, 0) is 36.8 Å². The number of hydrogen-bond acceptors (Lipinski definition) is 10. The molecule has 0 aliphatic carbocycles. The van der Waals surface area contributed by atoms with Crippen molar-refractivity contribution in [3.8, 4) is 0 Å². The number of hydrogen-bond donors (Lipinski definition) is 3. The van der Waals surface area contributed by atoms with Crippen LogP contribution < -0.4 is 5.73 Å². The maximum absolute atomic E-state index is 13.2. The van der Waals surface area contributed by atoms with Crippen LogP contribution in [0.5, 0.6) is 0 Å². The zero-order valence-electron chi connectivity index (χ0n) is 18.5. The quantitative estimate of drug-likeness (QED) is 0.406. The molecule has 6 atom stereocenters. The third-order valence-corrected chi connectivity index (χ3v) is 8.00. The van der Waals surface area contributed by atoms with Crippen molar-refractivity contribution in [2.45, 2.75) is 43.5 Å². The molecule has 2 aromatic heterocycles. The number of anilines is 1. The molecule has 0 saturated carbocycles. The summed E-state index contributed by atoms with van der Waals surface area (Å²) in [5.74, 6) is 0.270. The van der Waals surface area contributed by atoms with Gasteiger partial charge >= 0.3 is 7.82 Å². The number of phosphoric ester groups is 1. The van der Waals surface area contributed by atoms with E-state index in [1.807, 2.05) is 0 Å². The minimum Gasteiger partial charge on any atom is -0.387 e. The minimum absolute atomic E-state index is 0.108. The molecule has 0 amide bonds. The highest BCUT2D eigenvalue weighted by Gasteiger charge is 2.54. The van der Waals surface area contributed by atoms with Gasteiger partial charge in [0, 0.05) is 22.7 Å². The average molecular weight is 545 g/mol. The van der Waals surface area contributed by atoms with E-state index in [4.69, 9.17) is 47.2 Å². The monoisotopic (exact) mass is 544 g/mol. The molecule has 35 heavy (non-hydrogen) atoms. The Kier molecular flexibility index (Phi) is 6.58. The number of rotatable bonds is 5. The molecule has 2 fully saturated rings. The zero-order valence-corrected chi connectivity index (χ0v) is 20.9. The number of fused-ring (bicyclic) bond motifs is 1. The average Bonchev–Trinajstić information content (AvgIpc) is 3.31. The summed E-state index contributed by atoms with van der Waals surface area (Å²) in [5.41, 5.74) is 5.22. The zero-order chi connectivity index (χ0) is 25.0. The first-order chi connectivity index (χ1) is 16.6. The molecule has 3 aromatic rings. The third-order valence-electron chi connectivity index (χ3n) is 6.09. The highest BCUT2D eigenvalue weighted by Crippen LogP contribution is 2.57. The molecule has 5 rings (SSSR count). The summed E-state index contributed by atoms with van der Waals surface area (Å²) in [5, 5.41) is 23.2. The van der Waals surface area contributed by atoms with Gasteiger partial charge in [-0.1, -0.05) is 23.2 Å². The molecule has 0 spiro atoms. The predicted octanol–water partition coefficient (Wildman–Crippen LogP) is 3.63. The molecule has 2 aliphatic rings. The lowest BCUT2D eigenvalue weighted by Gasteiger charge is -2.30. The molecular weight excluding hydrogens is 522 g/mol. The van der Waals surface area contributed by atoms with E-state index in [-0.39, 0.29) is 19.0 Å². The smallest absolute Gasteiger partial charge is 0.387 e. The largest absolute Gasteiger partial charge is 0.475 e. The van der Waals surface area contributed by atoms with E-state index in [0.717, 1.165) is 0 Å². The molecule has 14 heteroatoms. The van der Waals surface area contributed by atoms with Crippen LogP contribution in [0.25, 0.3) is 11.0 Å². The number of nitrogens with two attached hydrogens (primary N) is 1. The van der Waals surface area contributed by atoms with Crippen LogP contribution in [0, 0.1) is 0 Å². The van der Waals surface area contributed by atoms with Crippen LogP contribution in [0.4, 0.5) is 5.82 Å². The Bertz CT molecular complexity index is 1290. The number of aliphatic hydroxyl groups is 2. The molecule has 2 saturated heterocycles. The SMILES string of the molecule is C[C@@]1(O)[C@H](O)[C@@H](CO[P@@]2(=O)OCC[C@@H](c3cc(Cl)cc(Cl)c3)O2)O[C@H]1n1ccc2c(N)ncnc21. The van der Waals surface area contributed by atoms with Crippen LogP contribution in [-0.4, -0.2) is 55.8 Å². The van der Waals surface area contributed by atoms with Crippen LogP contribution in [0.2, 0.25) is 10.0 Å². The third kappa shape index (κ3) is 4.69. The molecule has 0 bridgehead atoms. The number of aromatic nitrogens is 3. The fourth-order valence-electron chi connectivity index (χ4n) is 4.29. The number of nitrogen functional groups attached to an aromatic ring is 1. The standard InChI is InChI=1S/C21H23Cl2N4O7P/c1-21(29)17(28)16(33-20(21)27-4-2-14-18(24)25-10-26-19(14)27)9-32-35(30)31-5-3-15(34-35)11-6-12(22)8-13(23)7-11/h2,4,6-8,10,15-17,20,28-29H,3,5,9H2,1H3,(H2,24,25,26)/t15-,16+,17+,20+,21+,35+/m0/s1. The summed E-state index contributed by atoms with van der Waals surface area (Å²) in [4.78, 5) is 8.15. The lowest BCUT2D eigenvalue weighted by Crippen LogP contribution is -2.44. The lowest BCUT2D eigenvalue weighted by molar-refractivity contribution is -0.0950. The number of nitrogens with zero attached hydrogens (tertiary/aromatic N) is 3. The second-order valence-electron chi connectivity index (χ2n) is 8.58. The highest BCUT2D eigenvalue weighted by molar-refractivity contribution is 7.48. The van der Waals surface area contributed by atoms with Gasteiger partial charge in [-0.25, -0.2) is 14.5 Å². The van der Waals surface area contributed by atoms with Crippen molar-refractivity contribution in [2.75, 3.05) is 18.9 Å². The maximum Gasteiger partial charge on any atom is 0.475 e. The summed E-state index contributed by atoms with van der Waals surface area (Å²) in [6.07, 6.45) is -0.757. The molecule has 11 nitrogen and oxygen atoms in total. The number of ether oxygens (including phenoxy) is 1. The van der Waals surface area contributed by atoms with Gasteiger partial charge in [-0.2, -0.15) is 0 Å². The molecule has 2 aliphatic heterocycles. The predicted molar refractivity (Wildman–Crippen MR) is 127 cm³/mol. The summed E-state index contributed by atoms with van der Waals surface area (Å²) >= 11 is 12.2. The van der Waals surface area contributed by atoms with Gasteiger partial charge in [-0.3, -0.25) is 13.6 Å². The van der Waals surface area contributed by atoms with Gasteiger partial charge in [0.2, 0.25) is 0 Å². The molecular formula is C21H23Cl2N4O7P.